The molecule has 82 valence electrons. The van der Waals surface area contributed by atoms with E-state index in [1.807, 2.05) is 0 Å². The van der Waals surface area contributed by atoms with Crippen LogP contribution in [0.25, 0.3) is 0 Å². The van der Waals surface area contributed by atoms with Gasteiger partial charge in [-0.25, -0.2) is 4.79 Å². The first kappa shape index (κ1) is 12.9. The van der Waals surface area contributed by atoms with Crippen LogP contribution < -0.4 is 10.6 Å². The van der Waals surface area contributed by atoms with Gasteiger partial charge in [-0.2, -0.15) is 0 Å². The molecule has 6 heteroatoms. The van der Waals surface area contributed by atoms with E-state index in [0.29, 0.717) is 6.54 Å². The van der Waals surface area contributed by atoms with Crippen LogP contribution >= 0.6 is 0 Å². The second-order valence-corrected chi connectivity index (χ2v) is 2.98. The molecule has 4 N–H and O–H groups in total. The van der Waals surface area contributed by atoms with Crippen molar-refractivity contribution >= 4 is 11.9 Å². The van der Waals surface area contributed by atoms with Crippen molar-refractivity contribution in [2.75, 3.05) is 13.6 Å². The fourth-order valence-electron chi connectivity index (χ4n) is 0.873. The van der Waals surface area contributed by atoms with Crippen molar-refractivity contribution in [3.8, 4) is 0 Å². The molecular formula is C8H16N2O4. The van der Waals surface area contributed by atoms with E-state index in [9.17, 15) is 9.59 Å². The summed E-state index contributed by atoms with van der Waals surface area (Å²) < 4.78 is 0. The van der Waals surface area contributed by atoms with Crippen molar-refractivity contribution in [1.29, 1.82) is 0 Å². The Balaban J connectivity index is 4.04. The van der Waals surface area contributed by atoms with Gasteiger partial charge < -0.3 is 20.8 Å². The molecule has 0 aliphatic rings. The lowest BCUT2D eigenvalue weighted by Gasteiger charge is -2.16. The molecule has 2 unspecified atom stereocenters. The molecule has 0 saturated carbocycles. The number of hydrogen-bond acceptors (Lipinski definition) is 4. The molecule has 0 heterocycles. The summed E-state index contributed by atoms with van der Waals surface area (Å²) in [6.07, 6.45) is -0.918. The molecule has 1 amide bonds. The lowest BCUT2D eigenvalue weighted by Crippen LogP contribution is -2.48. The van der Waals surface area contributed by atoms with Crippen molar-refractivity contribution in [2.24, 2.45) is 0 Å². The Bertz CT molecular complexity index is 206. The second kappa shape index (κ2) is 6.33. The molecular weight excluding hydrogens is 188 g/mol. The number of carboxylic acids is 1. The average Bonchev–Trinajstić information content (AvgIpc) is 2.09. The van der Waals surface area contributed by atoms with Crippen LogP contribution in [-0.2, 0) is 9.59 Å². The molecule has 6 nitrogen and oxygen atoms in total. The van der Waals surface area contributed by atoms with Gasteiger partial charge in [-0.1, -0.05) is 0 Å². The molecule has 0 rings (SSSR count). The quantitative estimate of drug-likeness (QED) is 0.424. The normalized spacial score (nSPS) is 14.5. The van der Waals surface area contributed by atoms with E-state index >= 15 is 0 Å². The summed E-state index contributed by atoms with van der Waals surface area (Å²) >= 11 is 0. The molecule has 0 spiro atoms. The summed E-state index contributed by atoms with van der Waals surface area (Å²) in [5, 5.41) is 22.7. The van der Waals surface area contributed by atoms with Crippen molar-refractivity contribution in [1.82, 2.24) is 10.6 Å². The van der Waals surface area contributed by atoms with Gasteiger partial charge in [0.05, 0.1) is 6.10 Å². The maximum atomic E-state index is 11.1. The van der Waals surface area contributed by atoms with Crippen molar-refractivity contribution in [2.45, 2.75) is 25.5 Å². The number of aliphatic hydroxyl groups is 1. The summed E-state index contributed by atoms with van der Waals surface area (Å²) in [6.45, 7) is 1.79. The first-order valence-corrected chi connectivity index (χ1v) is 4.34. The number of carbonyl (C=O) groups excluding carboxylic acids is 1. The monoisotopic (exact) mass is 204 g/mol. The fourth-order valence-corrected chi connectivity index (χ4v) is 0.873. The predicted octanol–water partition coefficient (Wildman–Crippen LogP) is -1.45. The van der Waals surface area contributed by atoms with Gasteiger partial charge in [-0.15, -0.1) is 0 Å². The number of aliphatic hydroxyl groups excluding tert-OH is 1. The maximum absolute atomic E-state index is 11.1. The smallest absolute Gasteiger partial charge is 0.328 e. The lowest BCUT2D eigenvalue weighted by molar-refractivity contribution is -0.144. The summed E-state index contributed by atoms with van der Waals surface area (Å²) in [5.41, 5.74) is 0. The number of hydrogen-bond donors (Lipinski definition) is 4. The third-order valence-corrected chi connectivity index (χ3v) is 1.67. The van der Waals surface area contributed by atoms with Crippen LogP contribution in [0.3, 0.4) is 0 Å². The first-order valence-electron chi connectivity index (χ1n) is 4.34. The van der Waals surface area contributed by atoms with E-state index in [4.69, 9.17) is 10.2 Å². The Morgan fingerprint density at radius 3 is 2.36 bits per heavy atom. The topological polar surface area (TPSA) is 98.7 Å². The number of carbonyl (C=O) groups is 2. The minimum atomic E-state index is -1.24. The highest BCUT2D eigenvalue weighted by atomic mass is 16.4. The molecule has 2 atom stereocenters. The molecule has 14 heavy (non-hydrogen) atoms. The molecule has 0 bridgehead atoms. The van der Waals surface area contributed by atoms with Crippen LogP contribution in [0.2, 0.25) is 0 Å². The standard InChI is InChI=1S/C8H16N2O4/c1-5(11)7(8(13)14)10-6(12)3-4-9-2/h5,7,9,11H,3-4H2,1-2H3,(H,10,12)(H,13,14). The minimum Gasteiger partial charge on any atom is -0.480 e. The molecule has 0 saturated heterocycles. The van der Waals surface area contributed by atoms with E-state index < -0.39 is 24.0 Å². The number of carboxylic acid groups (broad SMARTS) is 1. The number of rotatable bonds is 6. The molecule has 0 aromatic carbocycles. The number of nitrogens with one attached hydrogen (secondary N) is 2. The molecule has 0 aromatic rings. The van der Waals surface area contributed by atoms with E-state index in [1.165, 1.54) is 6.92 Å². The van der Waals surface area contributed by atoms with Crippen LogP contribution in [0.15, 0.2) is 0 Å². The summed E-state index contributed by atoms with van der Waals surface area (Å²) in [5.74, 6) is -1.63. The highest BCUT2D eigenvalue weighted by Crippen LogP contribution is 1.93. The van der Waals surface area contributed by atoms with Crippen LogP contribution in [0.5, 0.6) is 0 Å². The zero-order valence-corrected chi connectivity index (χ0v) is 8.28. The Morgan fingerprint density at radius 1 is 1.43 bits per heavy atom. The summed E-state index contributed by atoms with van der Waals surface area (Å²) in [6, 6.07) is -1.24. The van der Waals surface area contributed by atoms with E-state index in [2.05, 4.69) is 10.6 Å². The fraction of sp³-hybridized carbons (Fsp3) is 0.750. The van der Waals surface area contributed by atoms with Gasteiger partial charge in [0.25, 0.3) is 0 Å². The Hall–Kier alpha value is -1.14. The third kappa shape index (κ3) is 4.78. The van der Waals surface area contributed by atoms with E-state index in [1.54, 1.807) is 7.05 Å². The third-order valence-electron chi connectivity index (χ3n) is 1.67. The van der Waals surface area contributed by atoms with Gasteiger partial charge in [-0.05, 0) is 14.0 Å². The average molecular weight is 204 g/mol. The maximum Gasteiger partial charge on any atom is 0.328 e. The van der Waals surface area contributed by atoms with Crippen molar-refractivity contribution < 1.29 is 19.8 Å². The number of aliphatic carboxylic acids is 1. The molecule has 0 aliphatic heterocycles. The lowest BCUT2D eigenvalue weighted by atomic mass is 10.2. The van der Waals surface area contributed by atoms with Gasteiger partial charge in [0.1, 0.15) is 0 Å². The predicted molar refractivity (Wildman–Crippen MR) is 49.8 cm³/mol. The highest BCUT2D eigenvalue weighted by molar-refractivity contribution is 5.83. The van der Waals surface area contributed by atoms with Crippen LogP contribution in [0.4, 0.5) is 0 Å². The van der Waals surface area contributed by atoms with Crippen LogP contribution in [-0.4, -0.2) is 47.8 Å². The Kier molecular flexibility index (Phi) is 5.82. The van der Waals surface area contributed by atoms with Gasteiger partial charge in [0.15, 0.2) is 6.04 Å². The van der Waals surface area contributed by atoms with E-state index in [0.717, 1.165) is 0 Å². The number of amides is 1. The van der Waals surface area contributed by atoms with Crippen LogP contribution in [0.1, 0.15) is 13.3 Å². The molecule has 0 aliphatic carbocycles. The summed E-state index contributed by atoms with van der Waals surface area (Å²) in [4.78, 5) is 21.7. The highest BCUT2D eigenvalue weighted by Gasteiger charge is 2.24. The van der Waals surface area contributed by atoms with Crippen molar-refractivity contribution in [3.63, 3.8) is 0 Å². The SMILES string of the molecule is CNCCC(=O)NC(C(=O)O)C(C)O. The zero-order valence-electron chi connectivity index (χ0n) is 8.28. The van der Waals surface area contributed by atoms with Crippen LogP contribution in [0, 0.1) is 0 Å². The zero-order chi connectivity index (χ0) is 11.1. The largest absolute Gasteiger partial charge is 0.480 e. The van der Waals surface area contributed by atoms with Gasteiger partial charge in [-0.3, -0.25) is 4.79 Å². The Labute approximate surface area is 82.3 Å². The summed E-state index contributed by atoms with van der Waals surface area (Å²) in [7, 11) is 1.69. The Morgan fingerprint density at radius 2 is 2.00 bits per heavy atom. The molecule has 0 fully saturated rings. The van der Waals surface area contributed by atoms with Gasteiger partial charge >= 0.3 is 5.97 Å². The van der Waals surface area contributed by atoms with Crippen molar-refractivity contribution in [3.05, 3.63) is 0 Å². The molecule has 0 radical (unpaired) electrons. The van der Waals surface area contributed by atoms with E-state index in [-0.39, 0.29) is 6.42 Å². The van der Waals surface area contributed by atoms with Gasteiger partial charge in [0, 0.05) is 13.0 Å². The van der Waals surface area contributed by atoms with Gasteiger partial charge in [0.2, 0.25) is 5.91 Å². The first-order chi connectivity index (χ1) is 6.49. The second-order valence-electron chi connectivity index (χ2n) is 2.98. The molecule has 0 aromatic heterocycles. The minimum absolute atomic E-state index is 0.187.